The quantitative estimate of drug-likeness (QED) is 0.587. The molecule has 1 aliphatic heterocycles. The topological polar surface area (TPSA) is 52.2 Å². The predicted molar refractivity (Wildman–Crippen MR) is 77.3 cm³/mol. The Labute approximate surface area is 114 Å². The lowest BCUT2D eigenvalue weighted by Crippen LogP contribution is -2.25. The van der Waals surface area contributed by atoms with Crippen LogP contribution in [0.4, 0.5) is 0 Å². The van der Waals surface area contributed by atoms with E-state index in [0.717, 1.165) is 35.9 Å². The van der Waals surface area contributed by atoms with Crippen molar-refractivity contribution in [2.24, 2.45) is 0 Å². The second-order valence-corrected chi connectivity index (χ2v) is 5.33. The maximum Gasteiger partial charge on any atom is 0.336 e. The molecule has 0 unspecified atom stereocenters. The van der Waals surface area contributed by atoms with E-state index in [9.17, 15) is 9.59 Å². The molecule has 4 heteroatoms. The SMILES string of the molecule is Cc1cc(=O)oc2c1c(=O)n1c3c(cccc23)CCC1. The van der Waals surface area contributed by atoms with Crippen LogP contribution in [0.2, 0.25) is 0 Å². The smallest absolute Gasteiger partial charge is 0.336 e. The third-order valence-electron chi connectivity index (χ3n) is 4.08. The molecule has 0 saturated heterocycles. The van der Waals surface area contributed by atoms with Gasteiger partial charge in [0.1, 0.15) is 0 Å². The van der Waals surface area contributed by atoms with Crippen molar-refractivity contribution in [2.45, 2.75) is 26.3 Å². The van der Waals surface area contributed by atoms with E-state index in [1.165, 1.54) is 6.07 Å². The Morgan fingerprint density at radius 3 is 2.95 bits per heavy atom. The first-order valence-corrected chi connectivity index (χ1v) is 6.75. The van der Waals surface area contributed by atoms with Gasteiger partial charge in [0.25, 0.3) is 5.56 Å². The summed E-state index contributed by atoms with van der Waals surface area (Å²) in [4.78, 5) is 24.3. The standard InChI is InChI=1S/C16H13NO3/c1-9-8-12(18)20-15-11-6-2-4-10-5-3-7-17(14(10)11)16(19)13(9)15/h2,4,6,8H,3,5,7H2,1H3. The van der Waals surface area contributed by atoms with Gasteiger partial charge in [-0.2, -0.15) is 0 Å². The van der Waals surface area contributed by atoms with E-state index < -0.39 is 5.63 Å². The minimum Gasteiger partial charge on any atom is -0.422 e. The Bertz CT molecular complexity index is 979. The zero-order chi connectivity index (χ0) is 13.9. The summed E-state index contributed by atoms with van der Waals surface area (Å²) in [6.45, 7) is 2.51. The molecule has 0 saturated carbocycles. The number of hydrogen-bond donors (Lipinski definition) is 0. The maximum atomic E-state index is 12.7. The van der Waals surface area contributed by atoms with Gasteiger partial charge in [-0.1, -0.05) is 12.1 Å². The summed E-state index contributed by atoms with van der Waals surface area (Å²) < 4.78 is 7.17. The summed E-state index contributed by atoms with van der Waals surface area (Å²) in [6.07, 6.45) is 1.92. The van der Waals surface area contributed by atoms with Crippen LogP contribution in [-0.4, -0.2) is 4.57 Å². The van der Waals surface area contributed by atoms with Crippen molar-refractivity contribution in [3.05, 3.63) is 56.2 Å². The molecule has 1 aromatic carbocycles. The fraction of sp³-hybridized carbons (Fsp3) is 0.250. The second-order valence-electron chi connectivity index (χ2n) is 5.33. The number of nitrogens with zero attached hydrogens (tertiary/aromatic N) is 1. The van der Waals surface area contributed by atoms with Crippen molar-refractivity contribution in [1.82, 2.24) is 4.57 Å². The van der Waals surface area contributed by atoms with Crippen LogP contribution in [-0.2, 0) is 13.0 Å². The highest BCUT2D eigenvalue weighted by Gasteiger charge is 2.19. The zero-order valence-corrected chi connectivity index (χ0v) is 11.1. The normalized spacial score (nSPS) is 14.1. The fourth-order valence-electron chi connectivity index (χ4n) is 3.24. The van der Waals surface area contributed by atoms with Crippen molar-refractivity contribution in [2.75, 3.05) is 0 Å². The molecule has 100 valence electrons. The van der Waals surface area contributed by atoms with Crippen LogP contribution in [0.25, 0.3) is 21.9 Å². The largest absolute Gasteiger partial charge is 0.422 e. The Kier molecular flexibility index (Phi) is 2.19. The van der Waals surface area contributed by atoms with Gasteiger partial charge in [-0.25, -0.2) is 4.79 Å². The predicted octanol–water partition coefficient (Wildman–Crippen LogP) is 2.36. The van der Waals surface area contributed by atoms with E-state index in [-0.39, 0.29) is 5.56 Å². The monoisotopic (exact) mass is 267 g/mol. The lowest BCUT2D eigenvalue weighted by molar-refractivity contribution is 0.558. The zero-order valence-electron chi connectivity index (χ0n) is 11.1. The lowest BCUT2D eigenvalue weighted by atomic mass is 9.99. The van der Waals surface area contributed by atoms with Gasteiger partial charge < -0.3 is 8.98 Å². The molecule has 0 amide bonds. The Morgan fingerprint density at radius 2 is 2.10 bits per heavy atom. The molecule has 0 atom stereocenters. The molecule has 0 bridgehead atoms. The highest BCUT2D eigenvalue weighted by molar-refractivity contribution is 6.04. The van der Waals surface area contributed by atoms with Crippen LogP contribution >= 0.6 is 0 Å². The fourth-order valence-corrected chi connectivity index (χ4v) is 3.24. The molecule has 3 aromatic rings. The Morgan fingerprint density at radius 1 is 1.25 bits per heavy atom. The molecule has 0 spiro atoms. The van der Waals surface area contributed by atoms with Gasteiger partial charge >= 0.3 is 5.63 Å². The minimum absolute atomic E-state index is 0.0547. The summed E-state index contributed by atoms with van der Waals surface area (Å²) in [5, 5.41) is 1.38. The van der Waals surface area contributed by atoms with Crippen LogP contribution in [0.3, 0.4) is 0 Å². The van der Waals surface area contributed by atoms with Gasteiger partial charge in [-0.05, 0) is 37.0 Å². The molecular weight excluding hydrogens is 254 g/mol. The molecule has 4 nitrogen and oxygen atoms in total. The van der Waals surface area contributed by atoms with Gasteiger partial charge in [-0.3, -0.25) is 4.79 Å². The summed E-state index contributed by atoms with van der Waals surface area (Å²) in [5.74, 6) is 0. The molecule has 20 heavy (non-hydrogen) atoms. The van der Waals surface area contributed by atoms with E-state index in [2.05, 4.69) is 0 Å². The Balaban J connectivity index is 2.42. The first kappa shape index (κ1) is 11.5. The van der Waals surface area contributed by atoms with Crippen LogP contribution < -0.4 is 11.2 Å². The number of aromatic nitrogens is 1. The van der Waals surface area contributed by atoms with Crippen molar-refractivity contribution >= 4 is 21.9 Å². The molecule has 3 heterocycles. The van der Waals surface area contributed by atoms with Crippen LogP contribution in [0.5, 0.6) is 0 Å². The number of rotatable bonds is 0. The molecule has 4 rings (SSSR count). The first-order chi connectivity index (χ1) is 9.66. The minimum atomic E-state index is -0.407. The molecular formula is C16H13NO3. The molecule has 2 aromatic heterocycles. The number of pyridine rings is 1. The molecule has 0 aliphatic carbocycles. The number of para-hydroxylation sites is 1. The van der Waals surface area contributed by atoms with E-state index in [1.54, 1.807) is 6.92 Å². The highest BCUT2D eigenvalue weighted by atomic mass is 16.4. The van der Waals surface area contributed by atoms with E-state index in [4.69, 9.17) is 4.42 Å². The molecule has 0 radical (unpaired) electrons. The van der Waals surface area contributed by atoms with Gasteiger partial charge in [0.15, 0.2) is 5.58 Å². The summed E-state index contributed by atoms with van der Waals surface area (Å²) >= 11 is 0. The van der Waals surface area contributed by atoms with E-state index in [0.29, 0.717) is 16.5 Å². The highest BCUT2D eigenvalue weighted by Crippen LogP contribution is 2.29. The van der Waals surface area contributed by atoms with Crippen molar-refractivity contribution in [3.63, 3.8) is 0 Å². The van der Waals surface area contributed by atoms with Gasteiger partial charge in [0.05, 0.1) is 10.9 Å². The van der Waals surface area contributed by atoms with Crippen molar-refractivity contribution in [3.8, 4) is 0 Å². The Hall–Kier alpha value is -2.36. The summed E-state index contributed by atoms with van der Waals surface area (Å²) in [7, 11) is 0. The number of aryl methyl sites for hydroxylation is 3. The maximum absolute atomic E-state index is 12.7. The van der Waals surface area contributed by atoms with E-state index in [1.807, 2.05) is 22.8 Å². The first-order valence-electron chi connectivity index (χ1n) is 6.75. The van der Waals surface area contributed by atoms with Gasteiger partial charge in [-0.15, -0.1) is 0 Å². The average Bonchev–Trinajstić information content (AvgIpc) is 2.43. The van der Waals surface area contributed by atoms with Crippen LogP contribution in [0.15, 0.2) is 38.3 Å². The van der Waals surface area contributed by atoms with Crippen LogP contribution in [0.1, 0.15) is 17.5 Å². The number of benzene rings is 1. The molecule has 0 fully saturated rings. The molecule has 0 N–H and O–H groups in total. The van der Waals surface area contributed by atoms with E-state index >= 15 is 0 Å². The number of hydrogen-bond acceptors (Lipinski definition) is 3. The summed E-state index contributed by atoms with van der Waals surface area (Å²) in [6, 6.07) is 7.30. The number of fused-ring (bicyclic) bond motifs is 2. The van der Waals surface area contributed by atoms with Gasteiger partial charge in [0.2, 0.25) is 0 Å². The summed E-state index contributed by atoms with van der Waals surface area (Å²) in [5.41, 5.74) is 2.72. The molecule has 1 aliphatic rings. The third-order valence-corrected chi connectivity index (χ3v) is 4.08. The third kappa shape index (κ3) is 1.36. The second kappa shape index (κ2) is 3.82. The van der Waals surface area contributed by atoms with Crippen LogP contribution in [0, 0.1) is 6.92 Å². The van der Waals surface area contributed by atoms with Crippen molar-refractivity contribution in [1.29, 1.82) is 0 Å². The lowest BCUT2D eigenvalue weighted by Gasteiger charge is -2.20. The average molecular weight is 267 g/mol. The van der Waals surface area contributed by atoms with Crippen molar-refractivity contribution < 1.29 is 4.42 Å². The van der Waals surface area contributed by atoms with Gasteiger partial charge in [0, 0.05) is 18.0 Å².